The number of benzene rings is 1. The Morgan fingerprint density at radius 3 is 2.73 bits per heavy atom. The molecule has 0 spiro atoms. The summed E-state index contributed by atoms with van der Waals surface area (Å²) in [6.45, 7) is 1.46. The first kappa shape index (κ1) is 17.2. The zero-order valence-corrected chi connectivity index (χ0v) is 14.3. The molecular formula is C16H12N6O3S. The molecule has 0 saturated heterocycles. The summed E-state index contributed by atoms with van der Waals surface area (Å²) in [6, 6.07) is 9.99. The summed E-state index contributed by atoms with van der Waals surface area (Å²) in [5.74, 6) is -1.15. The van der Waals surface area contributed by atoms with Crippen molar-refractivity contribution in [2.75, 3.05) is 5.32 Å². The average molecular weight is 368 g/mol. The number of rotatable bonds is 5. The van der Waals surface area contributed by atoms with Crippen LogP contribution < -0.4 is 5.32 Å². The molecular weight excluding hydrogens is 356 g/mol. The topological polar surface area (TPSA) is 123 Å². The Hall–Kier alpha value is -3.58. The number of nitrogens with one attached hydrogen (secondary N) is 1. The number of thiophene rings is 1. The Balaban J connectivity index is 1.62. The Labute approximate surface area is 151 Å². The van der Waals surface area contributed by atoms with E-state index in [1.165, 1.54) is 29.3 Å². The summed E-state index contributed by atoms with van der Waals surface area (Å²) in [7, 11) is 0. The highest BCUT2D eigenvalue weighted by molar-refractivity contribution is 7.14. The van der Waals surface area contributed by atoms with Crippen LogP contribution in [0.3, 0.4) is 0 Å². The summed E-state index contributed by atoms with van der Waals surface area (Å²) in [4.78, 5) is 24.3. The van der Waals surface area contributed by atoms with E-state index in [9.17, 15) is 9.59 Å². The standard InChI is InChI=1S/C16H12N6O3S/c1-10(14(23)19-15-12(8-17)6-7-26-15)25-16(24)11-2-4-13(5-3-11)22-9-18-20-21-22/h2-7,9-10H,1H3,(H,19,23)/t10-/m0/s1. The molecule has 0 bridgehead atoms. The second-order valence-corrected chi connectivity index (χ2v) is 6.03. The number of tetrazole rings is 1. The number of carbonyl (C=O) groups is 2. The van der Waals surface area contributed by atoms with Gasteiger partial charge in [-0.25, -0.2) is 9.48 Å². The third kappa shape index (κ3) is 3.73. The second-order valence-electron chi connectivity index (χ2n) is 5.11. The molecule has 0 aliphatic carbocycles. The van der Waals surface area contributed by atoms with Gasteiger partial charge >= 0.3 is 5.97 Å². The van der Waals surface area contributed by atoms with Crippen LogP contribution in [0.4, 0.5) is 5.00 Å². The van der Waals surface area contributed by atoms with Crippen LogP contribution in [0, 0.1) is 11.3 Å². The predicted octanol–water partition coefficient (Wildman–Crippen LogP) is 1.78. The third-order valence-corrected chi connectivity index (χ3v) is 4.22. The number of anilines is 1. The van der Waals surface area contributed by atoms with Crippen molar-refractivity contribution >= 4 is 28.2 Å². The van der Waals surface area contributed by atoms with E-state index >= 15 is 0 Å². The Kier molecular flexibility index (Phi) is 5.00. The highest BCUT2D eigenvalue weighted by Gasteiger charge is 2.20. The monoisotopic (exact) mass is 368 g/mol. The average Bonchev–Trinajstić information content (AvgIpc) is 3.33. The van der Waals surface area contributed by atoms with Gasteiger partial charge in [0.15, 0.2) is 6.10 Å². The van der Waals surface area contributed by atoms with Crippen molar-refractivity contribution < 1.29 is 14.3 Å². The van der Waals surface area contributed by atoms with E-state index in [-0.39, 0.29) is 5.56 Å². The van der Waals surface area contributed by atoms with Crippen LogP contribution in [0.1, 0.15) is 22.8 Å². The van der Waals surface area contributed by atoms with E-state index in [0.29, 0.717) is 16.3 Å². The molecule has 10 heteroatoms. The summed E-state index contributed by atoms with van der Waals surface area (Å²) in [5.41, 5.74) is 1.33. The predicted molar refractivity (Wildman–Crippen MR) is 91.7 cm³/mol. The molecule has 2 heterocycles. The Bertz CT molecular complexity index is 959. The maximum Gasteiger partial charge on any atom is 0.338 e. The summed E-state index contributed by atoms with van der Waals surface area (Å²) in [6.07, 6.45) is 0.412. The molecule has 0 fully saturated rings. The minimum Gasteiger partial charge on any atom is -0.449 e. The lowest BCUT2D eigenvalue weighted by Gasteiger charge is -2.13. The first-order chi connectivity index (χ1) is 12.6. The van der Waals surface area contributed by atoms with Crippen molar-refractivity contribution in [2.45, 2.75) is 13.0 Å². The van der Waals surface area contributed by atoms with E-state index in [1.807, 2.05) is 6.07 Å². The van der Waals surface area contributed by atoms with Crippen LogP contribution in [0.15, 0.2) is 42.0 Å². The van der Waals surface area contributed by atoms with Gasteiger partial charge in [-0.15, -0.1) is 16.4 Å². The van der Waals surface area contributed by atoms with Crippen molar-refractivity contribution in [1.82, 2.24) is 20.2 Å². The molecule has 3 rings (SSSR count). The normalized spacial score (nSPS) is 11.4. The molecule has 9 nitrogen and oxygen atoms in total. The van der Waals surface area contributed by atoms with Gasteiger partial charge in [0, 0.05) is 0 Å². The van der Waals surface area contributed by atoms with Gasteiger partial charge < -0.3 is 10.1 Å². The summed E-state index contributed by atoms with van der Waals surface area (Å²) >= 11 is 1.22. The molecule has 1 N–H and O–H groups in total. The van der Waals surface area contributed by atoms with Gasteiger partial charge in [0.2, 0.25) is 0 Å². The van der Waals surface area contributed by atoms with Gasteiger partial charge in [0.25, 0.3) is 5.91 Å². The van der Waals surface area contributed by atoms with E-state index in [2.05, 4.69) is 20.8 Å². The van der Waals surface area contributed by atoms with E-state index in [4.69, 9.17) is 10.00 Å². The van der Waals surface area contributed by atoms with Gasteiger partial charge in [0.05, 0.1) is 16.8 Å². The lowest BCUT2D eigenvalue weighted by atomic mass is 10.2. The fraction of sp³-hybridized carbons (Fsp3) is 0.125. The van der Waals surface area contributed by atoms with Crippen molar-refractivity contribution in [2.24, 2.45) is 0 Å². The molecule has 0 radical (unpaired) electrons. The number of carbonyl (C=O) groups excluding carboxylic acids is 2. The zero-order valence-electron chi connectivity index (χ0n) is 13.5. The maximum atomic E-state index is 12.2. The Morgan fingerprint density at radius 2 is 2.08 bits per heavy atom. The molecule has 26 heavy (non-hydrogen) atoms. The number of nitriles is 1. The number of nitrogens with zero attached hydrogens (tertiary/aromatic N) is 5. The van der Waals surface area contributed by atoms with Gasteiger partial charge in [0.1, 0.15) is 17.4 Å². The highest BCUT2D eigenvalue weighted by atomic mass is 32.1. The number of esters is 1. The van der Waals surface area contributed by atoms with Gasteiger partial charge in [-0.05, 0) is 53.1 Å². The van der Waals surface area contributed by atoms with Crippen LogP contribution in [0.2, 0.25) is 0 Å². The number of aromatic nitrogens is 4. The lowest BCUT2D eigenvalue weighted by molar-refractivity contribution is -0.123. The van der Waals surface area contributed by atoms with Gasteiger partial charge in [-0.3, -0.25) is 4.79 Å². The number of ether oxygens (including phenoxy) is 1. The van der Waals surface area contributed by atoms with Crippen LogP contribution in [0.5, 0.6) is 0 Å². The molecule has 0 unspecified atom stereocenters. The quantitative estimate of drug-likeness (QED) is 0.681. The minimum absolute atomic E-state index is 0.287. The van der Waals surface area contributed by atoms with Crippen LogP contribution in [-0.2, 0) is 9.53 Å². The molecule has 0 saturated carbocycles. The molecule has 0 aliphatic rings. The SMILES string of the molecule is C[C@H](OC(=O)c1ccc(-n2cnnn2)cc1)C(=O)Nc1sccc1C#N. The van der Waals surface area contributed by atoms with Crippen molar-refractivity contribution in [3.8, 4) is 11.8 Å². The van der Waals surface area contributed by atoms with Crippen LogP contribution >= 0.6 is 11.3 Å². The fourth-order valence-electron chi connectivity index (χ4n) is 2.02. The summed E-state index contributed by atoms with van der Waals surface area (Å²) < 4.78 is 6.62. The summed E-state index contributed by atoms with van der Waals surface area (Å²) in [5, 5.41) is 24.5. The zero-order chi connectivity index (χ0) is 18.5. The molecule has 130 valence electrons. The van der Waals surface area contributed by atoms with Crippen molar-refractivity contribution in [3.63, 3.8) is 0 Å². The minimum atomic E-state index is -1.02. The van der Waals surface area contributed by atoms with E-state index in [0.717, 1.165) is 0 Å². The first-order valence-corrected chi connectivity index (χ1v) is 8.29. The fourth-order valence-corrected chi connectivity index (χ4v) is 2.76. The lowest BCUT2D eigenvalue weighted by Crippen LogP contribution is -2.29. The molecule has 2 aromatic heterocycles. The van der Waals surface area contributed by atoms with Crippen LogP contribution in [0.25, 0.3) is 5.69 Å². The third-order valence-electron chi connectivity index (χ3n) is 3.39. The Morgan fingerprint density at radius 1 is 1.31 bits per heavy atom. The molecule has 0 aliphatic heterocycles. The molecule has 3 aromatic rings. The molecule has 1 atom stereocenters. The number of hydrogen-bond acceptors (Lipinski definition) is 8. The molecule has 1 amide bonds. The number of amides is 1. The highest BCUT2D eigenvalue weighted by Crippen LogP contribution is 2.22. The van der Waals surface area contributed by atoms with Crippen LogP contribution in [-0.4, -0.2) is 38.2 Å². The van der Waals surface area contributed by atoms with Crippen molar-refractivity contribution in [3.05, 3.63) is 53.2 Å². The number of hydrogen-bond donors (Lipinski definition) is 1. The largest absolute Gasteiger partial charge is 0.449 e. The molecule has 1 aromatic carbocycles. The maximum absolute atomic E-state index is 12.2. The van der Waals surface area contributed by atoms with Crippen molar-refractivity contribution in [1.29, 1.82) is 5.26 Å². The van der Waals surface area contributed by atoms with Gasteiger partial charge in [-0.1, -0.05) is 0 Å². The van der Waals surface area contributed by atoms with E-state index in [1.54, 1.807) is 35.7 Å². The first-order valence-electron chi connectivity index (χ1n) is 7.41. The van der Waals surface area contributed by atoms with E-state index < -0.39 is 18.0 Å². The smallest absolute Gasteiger partial charge is 0.338 e. The second kappa shape index (κ2) is 7.54. The van der Waals surface area contributed by atoms with Gasteiger partial charge in [-0.2, -0.15) is 5.26 Å².